The molecule has 0 bridgehead atoms. The largest absolute Gasteiger partial charge is 0.462 e. The third-order valence-corrected chi connectivity index (χ3v) is 5.58. The number of benzene rings is 2. The first-order chi connectivity index (χ1) is 16.5. The smallest absolute Gasteiger partial charge is 0.433 e. The Hall–Kier alpha value is -3.61. The lowest BCUT2D eigenvalue weighted by Gasteiger charge is -2.22. The first kappa shape index (κ1) is 26.0. The highest BCUT2D eigenvalue weighted by Crippen LogP contribution is 2.36. The standard InChI is InChI=1S/C24H16Cl2F3N3O3/c1-3-35-23(34)15-5-4-6-19(26)21(15)32(2)22(33)13-7-8-18(25)16(9-13)17-12-31-20(24(27,28)29)10-14(17)11-30/h4-10,12H,3H2,1-2H3. The lowest BCUT2D eigenvalue weighted by Crippen LogP contribution is -2.28. The Kier molecular flexibility index (Phi) is 7.68. The number of carbonyl (C=O) groups is 2. The van der Waals surface area contributed by atoms with Crippen molar-refractivity contribution < 1.29 is 27.5 Å². The summed E-state index contributed by atoms with van der Waals surface area (Å²) in [6.45, 7) is 1.75. The molecule has 1 amide bonds. The van der Waals surface area contributed by atoms with Crippen LogP contribution in [0.5, 0.6) is 0 Å². The van der Waals surface area contributed by atoms with Crippen molar-refractivity contribution in [3.8, 4) is 17.2 Å². The number of amides is 1. The van der Waals surface area contributed by atoms with Crippen LogP contribution in [0.1, 0.15) is 38.9 Å². The van der Waals surface area contributed by atoms with E-state index in [9.17, 15) is 28.0 Å². The summed E-state index contributed by atoms with van der Waals surface area (Å²) in [5.74, 6) is -1.27. The van der Waals surface area contributed by atoms with Gasteiger partial charge in [-0.2, -0.15) is 18.4 Å². The quantitative estimate of drug-likeness (QED) is 0.362. The average Bonchev–Trinajstić information content (AvgIpc) is 2.82. The van der Waals surface area contributed by atoms with Crippen LogP contribution >= 0.6 is 23.2 Å². The second-order valence-electron chi connectivity index (χ2n) is 7.14. The summed E-state index contributed by atoms with van der Waals surface area (Å²) < 4.78 is 44.1. The van der Waals surface area contributed by atoms with Crippen LogP contribution in [0.15, 0.2) is 48.7 Å². The fraction of sp³-hybridized carbons (Fsp3) is 0.167. The second kappa shape index (κ2) is 10.3. The molecule has 180 valence electrons. The van der Waals surface area contributed by atoms with Gasteiger partial charge in [0.2, 0.25) is 0 Å². The third-order valence-electron chi connectivity index (χ3n) is 4.94. The van der Waals surface area contributed by atoms with Gasteiger partial charge in [-0.25, -0.2) is 4.79 Å². The minimum Gasteiger partial charge on any atom is -0.462 e. The van der Waals surface area contributed by atoms with E-state index in [2.05, 4.69) is 4.98 Å². The number of nitrogens with zero attached hydrogens (tertiary/aromatic N) is 3. The van der Waals surface area contributed by atoms with Crippen LogP contribution in [0, 0.1) is 11.3 Å². The topological polar surface area (TPSA) is 83.3 Å². The van der Waals surface area contributed by atoms with Gasteiger partial charge >= 0.3 is 12.1 Å². The number of pyridine rings is 1. The molecule has 0 unspecified atom stereocenters. The van der Waals surface area contributed by atoms with E-state index in [-0.39, 0.29) is 50.2 Å². The summed E-state index contributed by atoms with van der Waals surface area (Å²) in [5.41, 5.74) is -1.13. The van der Waals surface area contributed by atoms with Crippen molar-refractivity contribution in [2.24, 2.45) is 0 Å². The van der Waals surface area contributed by atoms with E-state index < -0.39 is 23.7 Å². The van der Waals surface area contributed by atoms with Crippen LogP contribution in [0.2, 0.25) is 10.0 Å². The summed E-state index contributed by atoms with van der Waals surface area (Å²) in [4.78, 5) is 30.2. The number of halogens is 5. The highest BCUT2D eigenvalue weighted by Gasteiger charge is 2.33. The molecule has 0 spiro atoms. The zero-order chi connectivity index (χ0) is 25.9. The van der Waals surface area contributed by atoms with Gasteiger partial charge in [-0.05, 0) is 43.3 Å². The number of aromatic nitrogens is 1. The molecular formula is C24H16Cl2F3N3O3. The summed E-state index contributed by atoms with van der Waals surface area (Å²) >= 11 is 12.5. The minimum absolute atomic E-state index is 0.0211. The van der Waals surface area contributed by atoms with Crippen LogP contribution in [0.4, 0.5) is 18.9 Å². The monoisotopic (exact) mass is 521 g/mol. The van der Waals surface area contributed by atoms with Gasteiger partial charge in [-0.1, -0.05) is 29.3 Å². The molecule has 11 heteroatoms. The van der Waals surface area contributed by atoms with Gasteiger partial charge in [0.1, 0.15) is 5.69 Å². The van der Waals surface area contributed by atoms with Crippen molar-refractivity contribution in [3.05, 3.63) is 81.1 Å². The van der Waals surface area contributed by atoms with Crippen LogP contribution in [0.3, 0.4) is 0 Å². The maximum Gasteiger partial charge on any atom is 0.433 e. The highest BCUT2D eigenvalue weighted by molar-refractivity contribution is 6.35. The van der Waals surface area contributed by atoms with Gasteiger partial charge in [0.15, 0.2) is 0 Å². The van der Waals surface area contributed by atoms with Gasteiger partial charge in [-0.3, -0.25) is 9.78 Å². The number of alkyl halides is 3. The molecule has 0 atom stereocenters. The molecular weight excluding hydrogens is 506 g/mol. The first-order valence-corrected chi connectivity index (χ1v) is 10.8. The zero-order valence-electron chi connectivity index (χ0n) is 18.3. The van der Waals surface area contributed by atoms with Crippen molar-refractivity contribution in [1.82, 2.24) is 4.98 Å². The highest BCUT2D eigenvalue weighted by atomic mass is 35.5. The molecule has 0 saturated carbocycles. The number of para-hydroxylation sites is 1. The molecule has 0 N–H and O–H groups in total. The van der Waals surface area contributed by atoms with Crippen LogP contribution < -0.4 is 4.90 Å². The molecule has 35 heavy (non-hydrogen) atoms. The molecule has 6 nitrogen and oxygen atoms in total. The number of carbonyl (C=O) groups excluding carboxylic acids is 2. The summed E-state index contributed by atoms with van der Waals surface area (Å²) in [6.07, 6.45) is -3.85. The van der Waals surface area contributed by atoms with Gasteiger partial charge in [-0.15, -0.1) is 0 Å². The molecule has 0 radical (unpaired) electrons. The Morgan fingerprint density at radius 2 is 1.83 bits per heavy atom. The number of anilines is 1. The Morgan fingerprint density at radius 1 is 1.11 bits per heavy atom. The molecule has 1 aromatic heterocycles. The van der Waals surface area contributed by atoms with Gasteiger partial charge in [0.05, 0.1) is 34.5 Å². The molecule has 0 fully saturated rings. The predicted molar refractivity (Wildman–Crippen MR) is 125 cm³/mol. The first-order valence-electron chi connectivity index (χ1n) is 10.0. The zero-order valence-corrected chi connectivity index (χ0v) is 19.8. The molecule has 0 saturated heterocycles. The molecule has 3 rings (SSSR count). The van der Waals surface area contributed by atoms with Crippen molar-refractivity contribution in [3.63, 3.8) is 0 Å². The van der Waals surface area contributed by atoms with Crippen molar-refractivity contribution in [2.75, 3.05) is 18.6 Å². The lowest BCUT2D eigenvalue weighted by atomic mass is 9.99. The van der Waals surface area contributed by atoms with E-state index in [0.717, 1.165) is 11.1 Å². The number of ether oxygens (including phenoxy) is 1. The number of hydrogen-bond acceptors (Lipinski definition) is 5. The minimum atomic E-state index is -4.74. The number of nitriles is 1. The Morgan fingerprint density at radius 3 is 2.46 bits per heavy atom. The van der Waals surface area contributed by atoms with E-state index in [1.807, 2.05) is 0 Å². The van der Waals surface area contributed by atoms with E-state index in [0.29, 0.717) is 6.07 Å². The van der Waals surface area contributed by atoms with Crippen molar-refractivity contribution in [1.29, 1.82) is 5.26 Å². The molecule has 0 aliphatic rings. The fourth-order valence-corrected chi connectivity index (χ4v) is 3.83. The molecule has 0 aliphatic heterocycles. The SMILES string of the molecule is CCOC(=O)c1cccc(Cl)c1N(C)C(=O)c1ccc(Cl)c(-c2cnc(C(F)(F)F)cc2C#N)c1. The Labute approximate surface area is 208 Å². The van der Waals surface area contributed by atoms with Crippen molar-refractivity contribution >= 4 is 40.8 Å². The predicted octanol–water partition coefficient (Wildman–Crippen LogP) is 6.40. The van der Waals surface area contributed by atoms with Crippen molar-refractivity contribution in [2.45, 2.75) is 13.1 Å². The van der Waals surface area contributed by atoms with Crippen LogP contribution in [0.25, 0.3) is 11.1 Å². The number of esters is 1. The number of hydrogen-bond donors (Lipinski definition) is 0. The summed E-state index contributed by atoms with van der Waals surface area (Å²) in [7, 11) is 1.40. The fourth-order valence-electron chi connectivity index (χ4n) is 3.31. The summed E-state index contributed by atoms with van der Waals surface area (Å²) in [5, 5.41) is 9.63. The van der Waals surface area contributed by atoms with E-state index in [1.165, 1.54) is 43.4 Å². The van der Waals surface area contributed by atoms with Gasteiger partial charge in [0, 0.05) is 35.0 Å². The molecule has 0 aliphatic carbocycles. The van der Waals surface area contributed by atoms with Crippen LogP contribution in [-0.4, -0.2) is 30.5 Å². The number of rotatable bonds is 5. The lowest BCUT2D eigenvalue weighted by molar-refractivity contribution is -0.141. The normalized spacial score (nSPS) is 11.0. The van der Waals surface area contributed by atoms with Gasteiger partial charge < -0.3 is 9.64 Å². The third kappa shape index (κ3) is 5.39. The molecule has 3 aromatic rings. The van der Waals surface area contributed by atoms with E-state index >= 15 is 0 Å². The van der Waals surface area contributed by atoms with Crippen LogP contribution in [-0.2, 0) is 10.9 Å². The van der Waals surface area contributed by atoms with E-state index in [4.69, 9.17) is 27.9 Å². The Balaban J connectivity index is 2.07. The maximum absolute atomic E-state index is 13.3. The molecule has 2 aromatic carbocycles. The maximum atomic E-state index is 13.3. The second-order valence-corrected chi connectivity index (χ2v) is 7.95. The average molecular weight is 522 g/mol. The Bertz CT molecular complexity index is 1350. The summed E-state index contributed by atoms with van der Waals surface area (Å²) in [6, 6.07) is 10.9. The van der Waals surface area contributed by atoms with E-state index in [1.54, 1.807) is 13.0 Å². The molecule has 1 heterocycles. The van der Waals surface area contributed by atoms with Gasteiger partial charge in [0.25, 0.3) is 5.91 Å².